The first-order chi connectivity index (χ1) is 17.0. The van der Waals surface area contributed by atoms with E-state index in [9.17, 15) is 4.79 Å². The highest BCUT2D eigenvalue weighted by molar-refractivity contribution is 9.10. The van der Waals surface area contributed by atoms with E-state index < -0.39 is 0 Å². The molecule has 0 atom stereocenters. The number of hydrogen-bond donors (Lipinski definition) is 2. The van der Waals surface area contributed by atoms with Crippen LogP contribution in [0.2, 0.25) is 0 Å². The number of carbonyl (C=O) groups is 1. The van der Waals surface area contributed by atoms with Crippen LogP contribution in [-0.2, 0) is 0 Å². The maximum atomic E-state index is 12.9. The molecule has 0 radical (unpaired) electrons. The van der Waals surface area contributed by atoms with Gasteiger partial charge in [0.2, 0.25) is 0 Å². The number of halogens is 1. The van der Waals surface area contributed by atoms with Gasteiger partial charge in [-0.2, -0.15) is 0 Å². The molecule has 0 bridgehead atoms. The second kappa shape index (κ2) is 15.1. The Hall–Kier alpha value is -2.12. The zero-order valence-electron chi connectivity index (χ0n) is 20.6. The van der Waals surface area contributed by atoms with Crippen LogP contribution in [0.15, 0.2) is 46.9 Å². The third-order valence-corrected chi connectivity index (χ3v) is 7.00. The van der Waals surface area contributed by atoms with Crippen molar-refractivity contribution in [3.05, 3.63) is 52.5 Å². The fourth-order valence-corrected chi connectivity index (χ4v) is 4.87. The van der Waals surface area contributed by atoms with Crippen LogP contribution in [0.4, 0.5) is 5.69 Å². The Balaban J connectivity index is 1.46. The minimum atomic E-state index is -0.310. The number of benzene rings is 2. The number of amides is 1. The molecule has 0 heterocycles. The van der Waals surface area contributed by atoms with E-state index in [0.717, 1.165) is 47.7 Å². The largest absolute Gasteiger partial charge is 0.494 e. The van der Waals surface area contributed by atoms with E-state index in [1.54, 1.807) is 6.07 Å². The lowest BCUT2D eigenvalue weighted by Crippen LogP contribution is -2.34. The Labute approximate surface area is 223 Å². The molecule has 0 aromatic heterocycles. The van der Waals surface area contributed by atoms with E-state index in [0.29, 0.717) is 17.9 Å². The molecule has 3 rings (SSSR count). The lowest BCUT2D eigenvalue weighted by Gasteiger charge is -2.21. The molecular weight excluding hydrogens is 524 g/mol. The Morgan fingerprint density at radius 2 is 1.77 bits per heavy atom. The molecule has 1 aliphatic rings. The summed E-state index contributed by atoms with van der Waals surface area (Å²) in [7, 11) is 0. The highest BCUT2D eigenvalue weighted by Gasteiger charge is 2.16. The Kier molecular flexibility index (Phi) is 11.8. The van der Waals surface area contributed by atoms with Crippen molar-refractivity contribution in [1.82, 2.24) is 5.32 Å². The summed E-state index contributed by atoms with van der Waals surface area (Å²) in [6, 6.07) is 13.1. The molecule has 1 amide bonds. The van der Waals surface area contributed by atoms with Crippen LogP contribution in [0.3, 0.4) is 0 Å². The second-order valence-electron chi connectivity index (χ2n) is 9.12. The molecule has 0 aliphatic heterocycles. The summed E-state index contributed by atoms with van der Waals surface area (Å²) in [4.78, 5) is 12.9. The van der Waals surface area contributed by atoms with Gasteiger partial charge in [-0.15, -0.1) is 0 Å². The van der Waals surface area contributed by atoms with Crippen molar-refractivity contribution >= 4 is 44.9 Å². The van der Waals surface area contributed by atoms with E-state index in [2.05, 4.69) is 33.5 Å². The Morgan fingerprint density at radius 3 is 2.51 bits per heavy atom. The second-order valence-corrected chi connectivity index (χ2v) is 10.4. The molecule has 1 fully saturated rings. The lowest BCUT2D eigenvalue weighted by molar-refractivity contribution is 0.0973. The van der Waals surface area contributed by atoms with Crippen LogP contribution < -0.4 is 20.1 Å². The number of anilines is 1. The number of nitrogens with one attached hydrogen (secondary N) is 2. The normalized spacial score (nSPS) is 13.8. The van der Waals surface area contributed by atoms with Gasteiger partial charge in [0.1, 0.15) is 11.5 Å². The van der Waals surface area contributed by atoms with Crippen LogP contribution in [0.1, 0.15) is 81.5 Å². The van der Waals surface area contributed by atoms with Gasteiger partial charge in [-0.3, -0.25) is 10.1 Å². The van der Waals surface area contributed by atoms with Crippen molar-refractivity contribution in [3.63, 3.8) is 0 Å². The van der Waals surface area contributed by atoms with Crippen LogP contribution in [0, 0.1) is 5.92 Å². The summed E-state index contributed by atoms with van der Waals surface area (Å²) in [6.45, 7) is 3.51. The molecule has 1 saturated carbocycles. The van der Waals surface area contributed by atoms with Crippen LogP contribution in [0.25, 0.3) is 0 Å². The summed E-state index contributed by atoms with van der Waals surface area (Å²) < 4.78 is 12.6. The summed E-state index contributed by atoms with van der Waals surface area (Å²) in [5, 5.41) is 6.06. The number of ether oxygens (including phenoxy) is 2. The summed E-state index contributed by atoms with van der Waals surface area (Å²) in [6.07, 6.45) is 12.3. The minimum absolute atomic E-state index is 0.231. The van der Waals surface area contributed by atoms with Gasteiger partial charge in [0.25, 0.3) is 5.91 Å². The van der Waals surface area contributed by atoms with Gasteiger partial charge in [0.05, 0.1) is 18.8 Å². The number of hydrogen-bond acceptors (Lipinski definition) is 4. The molecule has 5 nitrogen and oxygen atoms in total. The highest BCUT2D eigenvalue weighted by atomic mass is 79.9. The maximum absolute atomic E-state index is 12.9. The van der Waals surface area contributed by atoms with Crippen LogP contribution in [-0.4, -0.2) is 24.2 Å². The zero-order valence-corrected chi connectivity index (χ0v) is 23.0. The van der Waals surface area contributed by atoms with E-state index in [1.807, 2.05) is 36.4 Å². The number of carbonyl (C=O) groups excluding carboxylic acids is 1. The molecule has 0 saturated heterocycles. The molecule has 35 heavy (non-hydrogen) atoms. The van der Waals surface area contributed by atoms with E-state index in [1.165, 1.54) is 44.9 Å². The Bertz CT molecular complexity index is 946. The average Bonchev–Trinajstić information content (AvgIpc) is 2.86. The Morgan fingerprint density at radius 1 is 1.00 bits per heavy atom. The lowest BCUT2D eigenvalue weighted by atomic mass is 9.87. The SMILES string of the molecule is CCCCCCOc1ccc(Br)cc1C(=O)NC(=S)Nc1ccc(OCCC2CCCCC2)cc1. The smallest absolute Gasteiger partial charge is 0.261 e. The first kappa shape index (κ1) is 27.5. The molecule has 2 N–H and O–H groups in total. The van der Waals surface area contributed by atoms with E-state index >= 15 is 0 Å². The fourth-order valence-electron chi connectivity index (χ4n) is 4.30. The summed E-state index contributed by atoms with van der Waals surface area (Å²) >= 11 is 8.81. The van der Waals surface area contributed by atoms with Crippen molar-refractivity contribution in [2.75, 3.05) is 18.5 Å². The first-order valence-corrected chi connectivity index (χ1v) is 14.0. The third kappa shape index (κ3) is 9.80. The minimum Gasteiger partial charge on any atom is -0.494 e. The summed E-state index contributed by atoms with van der Waals surface area (Å²) in [5.74, 6) is 1.90. The van der Waals surface area contributed by atoms with Crippen molar-refractivity contribution in [3.8, 4) is 11.5 Å². The van der Waals surface area contributed by atoms with Crippen molar-refractivity contribution in [1.29, 1.82) is 0 Å². The molecule has 2 aromatic carbocycles. The molecule has 7 heteroatoms. The van der Waals surface area contributed by atoms with E-state index in [4.69, 9.17) is 21.7 Å². The third-order valence-electron chi connectivity index (χ3n) is 6.30. The van der Waals surface area contributed by atoms with Gasteiger partial charge in [-0.05, 0) is 73.4 Å². The van der Waals surface area contributed by atoms with Gasteiger partial charge >= 0.3 is 0 Å². The van der Waals surface area contributed by atoms with Crippen molar-refractivity contribution in [2.24, 2.45) is 5.92 Å². The number of rotatable bonds is 12. The van der Waals surface area contributed by atoms with Crippen molar-refractivity contribution in [2.45, 2.75) is 71.1 Å². The molecule has 190 valence electrons. The van der Waals surface area contributed by atoms with E-state index in [-0.39, 0.29) is 11.0 Å². The van der Waals surface area contributed by atoms with Gasteiger partial charge in [0.15, 0.2) is 5.11 Å². The molecular formula is C28H37BrN2O3S. The molecule has 0 unspecified atom stereocenters. The quantitative estimate of drug-likeness (QED) is 0.204. The number of unbranched alkanes of at least 4 members (excludes halogenated alkanes) is 3. The number of thiocarbonyl (C=S) groups is 1. The molecule has 0 spiro atoms. The van der Waals surface area contributed by atoms with Gasteiger partial charge in [-0.25, -0.2) is 0 Å². The zero-order chi connectivity index (χ0) is 24.9. The average molecular weight is 562 g/mol. The van der Waals surface area contributed by atoms with Crippen molar-refractivity contribution < 1.29 is 14.3 Å². The van der Waals surface area contributed by atoms with Gasteiger partial charge in [0, 0.05) is 10.2 Å². The molecule has 2 aromatic rings. The van der Waals surface area contributed by atoms with Crippen LogP contribution >= 0.6 is 28.1 Å². The predicted octanol–water partition coefficient (Wildman–Crippen LogP) is 7.88. The van der Waals surface area contributed by atoms with Gasteiger partial charge < -0.3 is 14.8 Å². The fraction of sp³-hybridized carbons (Fsp3) is 0.500. The summed E-state index contributed by atoms with van der Waals surface area (Å²) in [5.41, 5.74) is 1.23. The van der Waals surface area contributed by atoms with Crippen LogP contribution in [0.5, 0.6) is 11.5 Å². The van der Waals surface area contributed by atoms with Gasteiger partial charge in [-0.1, -0.05) is 74.2 Å². The standard InChI is InChI=1S/C28H37BrN2O3S/c1-2-3-4-8-18-34-26-16-11-22(29)20-25(26)27(32)31-28(35)30-23-12-14-24(15-13-23)33-19-17-21-9-6-5-7-10-21/h11-16,20-21H,2-10,17-19H2,1H3,(H2,30,31,32,35). The first-order valence-electron chi connectivity index (χ1n) is 12.8. The maximum Gasteiger partial charge on any atom is 0.261 e. The highest BCUT2D eigenvalue weighted by Crippen LogP contribution is 2.27. The molecule has 1 aliphatic carbocycles. The predicted molar refractivity (Wildman–Crippen MR) is 151 cm³/mol. The topological polar surface area (TPSA) is 59.6 Å². The monoisotopic (exact) mass is 560 g/mol.